The predicted molar refractivity (Wildman–Crippen MR) is 66.0 cm³/mol. The number of aryl methyl sites for hydroxylation is 2. The lowest BCUT2D eigenvalue weighted by molar-refractivity contribution is 0.0993. The second-order valence-corrected chi connectivity index (χ2v) is 5.14. The Hall–Kier alpha value is -1.55. The van der Waals surface area contributed by atoms with E-state index in [-0.39, 0.29) is 18.0 Å². The molecular weight excluding hydrogens is 237 g/mol. The fourth-order valence-electron chi connectivity index (χ4n) is 1.49. The quantitative estimate of drug-likeness (QED) is 0.781. The van der Waals surface area contributed by atoms with Crippen LogP contribution >= 0.6 is 11.3 Å². The number of carbonyl (C=O) groups excluding carboxylic acids is 1. The maximum absolute atomic E-state index is 12.7. The smallest absolute Gasteiger partial charge is 0.169 e. The largest absolute Gasteiger partial charge is 0.294 e. The minimum absolute atomic E-state index is 0.0289. The summed E-state index contributed by atoms with van der Waals surface area (Å²) in [7, 11) is 0. The van der Waals surface area contributed by atoms with Crippen molar-refractivity contribution in [3.8, 4) is 0 Å². The van der Waals surface area contributed by atoms with Crippen molar-refractivity contribution in [3.05, 3.63) is 51.2 Å². The molecule has 17 heavy (non-hydrogen) atoms. The molecule has 2 rings (SSSR count). The van der Waals surface area contributed by atoms with Crippen LogP contribution in [-0.4, -0.2) is 10.8 Å². The number of hydrogen-bond acceptors (Lipinski definition) is 3. The van der Waals surface area contributed by atoms with Crippen LogP contribution in [0.4, 0.5) is 4.39 Å². The number of ketones is 1. The van der Waals surface area contributed by atoms with Gasteiger partial charge in [-0.15, -0.1) is 11.3 Å². The van der Waals surface area contributed by atoms with Gasteiger partial charge in [-0.3, -0.25) is 4.79 Å². The van der Waals surface area contributed by atoms with Gasteiger partial charge in [0.25, 0.3) is 0 Å². The van der Waals surface area contributed by atoms with Gasteiger partial charge in [-0.05, 0) is 38.1 Å². The summed E-state index contributed by atoms with van der Waals surface area (Å²) in [6.07, 6.45) is 0.283. The van der Waals surface area contributed by atoms with Crippen molar-refractivity contribution in [3.63, 3.8) is 0 Å². The third kappa shape index (κ3) is 2.77. The van der Waals surface area contributed by atoms with Crippen LogP contribution in [0.2, 0.25) is 0 Å². The molecule has 0 N–H and O–H groups in total. The Morgan fingerprint density at radius 2 is 1.94 bits per heavy atom. The molecule has 4 heteroatoms. The molecule has 0 atom stereocenters. The maximum Gasteiger partial charge on any atom is 0.169 e. The fraction of sp³-hybridized carbons (Fsp3) is 0.231. The van der Waals surface area contributed by atoms with Gasteiger partial charge in [0, 0.05) is 10.4 Å². The molecule has 0 aliphatic rings. The zero-order valence-electron chi connectivity index (χ0n) is 9.66. The first-order valence-corrected chi connectivity index (χ1v) is 6.09. The number of benzene rings is 1. The Kier molecular flexibility index (Phi) is 3.33. The van der Waals surface area contributed by atoms with Gasteiger partial charge in [-0.25, -0.2) is 9.37 Å². The molecule has 0 unspecified atom stereocenters. The molecule has 2 nitrogen and oxygen atoms in total. The van der Waals surface area contributed by atoms with Crippen LogP contribution in [0.3, 0.4) is 0 Å². The van der Waals surface area contributed by atoms with Gasteiger partial charge >= 0.3 is 0 Å². The summed E-state index contributed by atoms with van der Waals surface area (Å²) in [5.41, 5.74) is 1.49. The highest BCUT2D eigenvalue weighted by molar-refractivity contribution is 7.11. The zero-order chi connectivity index (χ0) is 12.4. The van der Waals surface area contributed by atoms with Gasteiger partial charge in [0.1, 0.15) is 10.8 Å². The number of halogens is 1. The number of hydrogen-bond donors (Lipinski definition) is 0. The molecule has 0 spiro atoms. The third-order valence-corrected chi connectivity index (χ3v) is 3.62. The van der Waals surface area contributed by atoms with Crippen molar-refractivity contribution in [2.45, 2.75) is 20.3 Å². The first-order chi connectivity index (χ1) is 8.06. The van der Waals surface area contributed by atoms with Gasteiger partial charge < -0.3 is 0 Å². The van der Waals surface area contributed by atoms with E-state index in [9.17, 15) is 9.18 Å². The van der Waals surface area contributed by atoms with E-state index in [1.54, 1.807) is 0 Å². The van der Waals surface area contributed by atoms with E-state index in [4.69, 9.17) is 0 Å². The lowest BCUT2D eigenvalue weighted by atomic mass is 10.1. The number of rotatable bonds is 3. The molecule has 0 saturated carbocycles. The SMILES string of the molecule is Cc1nc(CC(=O)c2ccc(F)cc2)sc1C. The molecule has 0 radical (unpaired) electrons. The number of thiazole rings is 1. The van der Waals surface area contributed by atoms with E-state index in [0.717, 1.165) is 15.6 Å². The fourth-order valence-corrected chi connectivity index (χ4v) is 2.42. The van der Waals surface area contributed by atoms with E-state index in [1.165, 1.54) is 35.6 Å². The highest BCUT2D eigenvalue weighted by Gasteiger charge is 2.11. The van der Waals surface area contributed by atoms with Crippen molar-refractivity contribution in [2.75, 3.05) is 0 Å². The number of carbonyl (C=O) groups is 1. The average Bonchev–Trinajstić information content (AvgIpc) is 2.58. The highest BCUT2D eigenvalue weighted by atomic mass is 32.1. The summed E-state index contributed by atoms with van der Waals surface area (Å²) >= 11 is 1.53. The van der Waals surface area contributed by atoms with Crippen LogP contribution < -0.4 is 0 Å². The average molecular weight is 249 g/mol. The molecule has 0 amide bonds. The normalized spacial score (nSPS) is 10.5. The Bertz CT molecular complexity index is 526. The molecule has 0 bridgehead atoms. The summed E-state index contributed by atoms with van der Waals surface area (Å²) in [6, 6.07) is 5.60. The van der Waals surface area contributed by atoms with Crippen molar-refractivity contribution in [1.82, 2.24) is 4.98 Å². The van der Waals surface area contributed by atoms with Crippen LogP contribution in [0.5, 0.6) is 0 Å². The van der Waals surface area contributed by atoms with Gasteiger partial charge in [0.05, 0.1) is 12.1 Å². The summed E-state index contributed by atoms with van der Waals surface area (Å²) in [5, 5.41) is 0.814. The first-order valence-electron chi connectivity index (χ1n) is 5.28. The van der Waals surface area contributed by atoms with Gasteiger partial charge in [0.2, 0.25) is 0 Å². The zero-order valence-corrected chi connectivity index (χ0v) is 10.5. The van der Waals surface area contributed by atoms with Gasteiger partial charge in [-0.1, -0.05) is 0 Å². The summed E-state index contributed by atoms with van der Waals surface area (Å²) in [6.45, 7) is 3.91. The Morgan fingerprint density at radius 1 is 1.29 bits per heavy atom. The standard InChI is InChI=1S/C13H12FNOS/c1-8-9(2)17-13(15-8)7-12(16)10-3-5-11(14)6-4-10/h3-6H,7H2,1-2H3. The Balaban J connectivity index is 2.14. The molecule has 2 aromatic rings. The predicted octanol–water partition coefficient (Wildman–Crippen LogP) is 3.32. The van der Waals surface area contributed by atoms with Crippen molar-refractivity contribution in [1.29, 1.82) is 0 Å². The molecule has 0 aliphatic carbocycles. The summed E-state index contributed by atoms with van der Waals surface area (Å²) in [4.78, 5) is 17.3. The topological polar surface area (TPSA) is 30.0 Å². The second kappa shape index (κ2) is 4.75. The van der Waals surface area contributed by atoms with Gasteiger partial charge in [-0.2, -0.15) is 0 Å². The Morgan fingerprint density at radius 3 is 2.47 bits per heavy atom. The van der Waals surface area contributed by atoms with E-state index in [0.29, 0.717) is 5.56 Å². The minimum atomic E-state index is -0.331. The highest BCUT2D eigenvalue weighted by Crippen LogP contribution is 2.18. The summed E-state index contributed by atoms with van der Waals surface area (Å²) < 4.78 is 12.7. The number of Topliss-reactive ketones (excluding diaryl/α,β-unsaturated/α-hetero) is 1. The van der Waals surface area contributed by atoms with Crippen LogP contribution in [0.15, 0.2) is 24.3 Å². The molecule has 0 saturated heterocycles. The van der Waals surface area contributed by atoms with E-state index in [2.05, 4.69) is 4.98 Å². The number of nitrogens with zero attached hydrogens (tertiary/aromatic N) is 1. The molecule has 0 fully saturated rings. The first kappa shape index (κ1) is 11.9. The van der Waals surface area contributed by atoms with Crippen LogP contribution in [-0.2, 0) is 6.42 Å². The Labute approximate surface area is 103 Å². The third-order valence-electron chi connectivity index (χ3n) is 2.55. The van der Waals surface area contributed by atoms with Gasteiger partial charge in [0.15, 0.2) is 5.78 Å². The summed E-state index contributed by atoms with van der Waals surface area (Å²) in [5.74, 6) is -0.360. The lowest BCUT2D eigenvalue weighted by Crippen LogP contribution is -2.03. The van der Waals surface area contributed by atoms with E-state index < -0.39 is 0 Å². The molecule has 1 heterocycles. The second-order valence-electron chi connectivity index (χ2n) is 3.86. The molecular formula is C13H12FNOS. The minimum Gasteiger partial charge on any atom is -0.294 e. The monoisotopic (exact) mass is 249 g/mol. The van der Waals surface area contributed by atoms with E-state index >= 15 is 0 Å². The molecule has 1 aromatic heterocycles. The molecule has 1 aromatic carbocycles. The lowest BCUT2D eigenvalue weighted by Gasteiger charge is -1.98. The van der Waals surface area contributed by atoms with Crippen molar-refractivity contribution in [2.24, 2.45) is 0 Å². The molecule has 0 aliphatic heterocycles. The van der Waals surface area contributed by atoms with E-state index in [1.807, 2.05) is 13.8 Å². The molecule has 88 valence electrons. The number of aromatic nitrogens is 1. The van der Waals surface area contributed by atoms with Crippen molar-refractivity contribution < 1.29 is 9.18 Å². The maximum atomic E-state index is 12.7. The van der Waals surface area contributed by atoms with Crippen molar-refractivity contribution >= 4 is 17.1 Å². The van der Waals surface area contributed by atoms with Crippen LogP contribution in [0, 0.1) is 19.7 Å². The van der Waals surface area contributed by atoms with Crippen LogP contribution in [0.25, 0.3) is 0 Å². The van der Waals surface area contributed by atoms with Crippen LogP contribution in [0.1, 0.15) is 25.9 Å².